The van der Waals surface area contributed by atoms with Crippen LogP contribution in [0, 0.1) is 0 Å². The summed E-state index contributed by atoms with van der Waals surface area (Å²) in [5.74, 6) is 0. The smallest absolute Gasteiger partial charge is 0.251 e. The number of pyridine rings is 1. The van der Waals surface area contributed by atoms with Gasteiger partial charge in [-0.1, -0.05) is 18.2 Å². The molecular formula is C21H30N4O3S. The Labute approximate surface area is 173 Å². The Hall–Kier alpha value is -2.16. The lowest BCUT2D eigenvalue weighted by Crippen LogP contribution is -2.33. The molecule has 0 atom stereocenters. The van der Waals surface area contributed by atoms with E-state index in [-0.39, 0.29) is 10.5 Å². The van der Waals surface area contributed by atoms with Crippen LogP contribution in [0.25, 0.3) is 0 Å². The molecule has 0 saturated carbocycles. The van der Waals surface area contributed by atoms with Crippen molar-refractivity contribution < 1.29 is 8.42 Å². The van der Waals surface area contributed by atoms with Gasteiger partial charge in [0.15, 0.2) is 0 Å². The maximum Gasteiger partial charge on any atom is 0.251 e. The maximum absolute atomic E-state index is 12.4. The summed E-state index contributed by atoms with van der Waals surface area (Å²) in [6.45, 7) is 3.13. The highest BCUT2D eigenvalue weighted by Gasteiger charge is 2.19. The predicted molar refractivity (Wildman–Crippen MR) is 116 cm³/mol. The first-order valence-electron chi connectivity index (χ1n) is 9.93. The lowest BCUT2D eigenvalue weighted by Gasteiger charge is -2.31. The molecule has 1 aliphatic heterocycles. The Kier molecular flexibility index (Phi) is 6.77. The van der Waals surface area contributed by atoms with Crippen LogP contribution in [0.3, 0.4) is 0 Å². The standard InChI is InChI=1S/C21H30N4O3S/c1-22(2)29(27,28)19-11-12-21(26)25(16-19)17-23(3)15-18-9-5-6-10-20(18)24-13-7-4-8-14-24/h5-6,9-12,16H,4,7-8,13-15,17H2,1-3H3. The molecule has 2 heterocycles. The van der Waals surface area contributed by atoms with Crippen molar-refractivity contribution >= 4 is 15.7 Å². The summed E-state index contributed by atoms with van der Waals surface area (Å²) < 4.78 is 27.4. The van der Waals surface area contributed by atoms with E-state index in [1.54, 1.807) is 0 Å². The molecule has 0 aliphatic carbocycles. The molecule has 29 heavy (non-hydrogen) atoms. The van der Waals surface area contributed by atoms with E-state index in [2.05, 4.69) is 23.1 Å². The highest BCUT2D eigenvalue weighted by atomic mass is 32.2. The second-order valence-electron chi connectivity index (χ2n) is 7.79. The van der Waals surface area contributed by atoms with Crippen LogP contribution < -0.4 is 10.5 Å². The number of piperidine rings is 1. The molecule has 0 amide bonds. The molecule has 1 aromatic carbocycles. The number of benzene rings is 1. The molecule has 2 aromatic rings. The number of aromatic nitrogens is 1. The molecule has 1 aliphatic rings. The first-order chi connectivity index (χ1) is 13.8. The van der Waals surface area contributed by atoms with Crippen molar-refractivity contribution in [2.75, 3.05) is 39.1 Å². The van der Waals surface area contributed by atoms with Crippen LogP contribution >= 0.6 is 0 Å². The van der Waals surface area contributed by atoms with Gasteiger partial charge in [-0.05, 0) is 44.0 Å². The Morgan fingerprint density at radius 1 is 0.966 bits per heavy atom. The van der Waals surface area contributed by atoms with Gasteiger partial charge in [-0.2, -0.15) is 0 Å². The van der Waals surface area contributed by atoms with Gasteiger partial charge >= 0.3 is 0 Å². The first-order valence-corrected chi connectivity index (χ1v) is 11.4. The van der Waals surface area contributed by atoms with Gasteiger partial charge in [-0.25, -0.2) is 12.7 Å². The Balaban J connectivity index is 1.78. The normalized spacial score (nSPS) is 15.3. The lowest BCUT2D eigenvalue weighted by atomic mass is 10.1. The molecule has 1 aromatic heterocycles. The molecular weight excluding hydrogens is 388 g/mol. The molecule has 158 valence electrons. The topological polar surface area (TPSA) is 65.9 Å². The van der Waals surface area contributed by atoms with E-state index in [9.17, 15) is 13.2 Å². The van der Waals surface area contributed by atoms with Gasteiger partial charge in [-0.15, -0.1) is 0 Å². The van der Waals surface area contributed by atoms with Gasteiger partial charge in [0.05, 0.1) is 11.6 Å². The van der Waals surface area contributed by atoms with Crippen molar-refractivity contribution in [3.63, 3.8) is 0 Å². The third kappa shape index (κ3) is 5.07. The van der Waals surface area contributed by atoms with Crippen molar-refractivity contribution in [3.8, 4) is 0 Å². The fourth-order valence-corrected chi connectivity index (χ4v) is 4.59. The summed E-state index contributed by atoms with van der Waals surface area (Å²) in [7, 11) is 1.31. The summed E-state index contributed by atoms with van der Waals surface area (Å²) in [5, 5.41) is 0. The minimum absolute atomic E-state index is 0.115. The van der Waals surface area contributed by atoms with E-state index in [4.69, 9.17) is 0 Å². The van der Waals surface area contributed by atoms with Crippen molar-refractivity contribution in [1.29, 1.82) is 0 Å². The second kappa shape index (κ2) is 9.11. The average molecular weight is 419 g/mol. The van der Waals surface area contributed by atoms with Crippen LogP contribution in [0.1, 0.15) is 24.8 Å². The molecule has 0 bridgehead atoms. The quantitative estimate of drug-likeness (QED) is 0.690. The molecule has 1 fully saturated rings. The van der Waals surface area contributed by atoms with E-state index >= 15 is 0 Å². The van der Waals surface area contributed by atoms with Crippen LogP contribution in [-0.4, -0.2) is 56.4 Å². The van der Waals surface area contributed by atoms with E-state index < -0.39 is 10.0 Å². The largest absolute Gasteiger partial charge is 0.371 e. The fraction of sp³-hybridized carbons (Fsp3) is 0.476. The van der Waals surface area contributed by atoms with Crippen molar-refractivity contribution in [2.45, 2.75) is 37.4 Å². The number of para-hydroxylation sites is 1. The molecule has 8 heteroatoms. The zero-order valence-corrected chi connectivity index (χ0v) is 18.2. The molecule has 0 spiro atoms. The monoisotopic (exact) mass is 418 g/mol. The molecule has 1 saturated heterocycles. The van der Waals surface area contributed by atoms with Crippen molar-refractivity contribution in [1.82, 2.24) is 13.8 Å². The Morgan fingerprint density at radius 3 is 2.34 bits per heavy atom. The SMILES string of the molecule is CN(Cc1ccccc1N1CCCCC1)Cn1cc(S(=O)(=O)N(C)C)ccc1=O. The van der Waals surface area contributed by atoms with Gasteiger partial charge in [0.1, 0.15) is 0 Å². The van der Waals surface area contributed by atoms with Gasteiger partial charge in [0.25, 0.3) is 5.56 Å². The minimum atomic E-state index is -3.58. The van der Waals surface area contributed by atoms with Crippen LogP contribution in [0.5, 0.6) is 0 Å². The van der Waals surface area contributed by atoms with Gasteiger partial charge in [0.2, 0.25) is 10.0 Å². The van der Waals surface area contributed by atoms with Crippen molar-refractivity contribution in [3.05, 3.63) is 58.5 Å². The Morgan fingerprint density at radius 2 is 1.66 bits per heavy atom. The summed E-state index contributed by atoms with van der Waals surface area (Å²) in [5.41, 5.74) is 2.23. The molecule has 0 radical (unpaired) electrons. The summed E-state index contributed by atoms with van der Waals surface area (Å²) in [6, 6.07) is 11.0. The van der Waals surface area contributed by atoms with Gasteiger partial charge < -0.3 is 9.47 Å². The number of hydrogen-bond acceptors (Lipinski definition) is 5. The molecule has 0 N–H and O–H groups in total. The number of rotatable bonds is 7. The number of hydrogen-bond donors (Lipinski definition) is 0. The van der Waals surface area contributed by atoms with Crippen LogP contribution in [0.15, 0.2) is 52.3 Å². The lowest BCUT2D eigenvalue weighted by molar-refractivity contribution is 0.255. The first kappa shape index (κ1) is 21.5. The third-order valence-corrected chi connectivity index (χ3v) is 7.06. The molecule has 0 unspecified atom stereocenters. The summed E-state index contributed by atoms with van der Waals surface area (Å²) >= 11 is 0. The highest BCUT2D eigenvalue weighted by Crippen LogP contribution is 2.25. The van der Waals surface area contributed by atoms with Gasteiger partial charge in [0, 0.05) is 51.7 Å². The third-order valence-electron chi connectivity index (χ3n) is 5.26. The zero-order valence-electron chi connectivity index (χ0n) is 17.4. The summed E-state index contributed by atoms with van der Waals surface area (Å²) in [4.78, 5) is 16.9. The summed E-state index contributed by atoms with van der Waals surface area (Å²) in [6.07, 6.45) is 5.14. The van der Waals surface area contributed by atoms with E-state index in [0.717, 1.165) is 17.4 Å². The van der Waals surface area contributed by atoms with Crippen LogP contribution in [0.2, 0.25) is 0 Å². The number of nitrogens with zero attached hydrogens (tertiary/aromatic N) is 4. The van der Waals surface area contributed by atoms with Crippen LogP contribution in [-0.2, 0) is 23.2 Å². The fourth-order valence-electron chi connectivity index (χ4n) is 3.67. The number of sulfonamides is 1. The molecule has 3 rings (SSSR count). The van der Waals surface area contributed by atoms with E-state index in [0.29, 0.717) is 13.2 Å². The van der Waals surface area contributed by atoms with Crippen molar-refractivity contribution in [2.24, 2.45) is 0 Å². The molecule has 7 nitrogen and oxygen atoms in total. The minimum Gasteiger partial charge on any atom is -0.371 e. The second-order valence-corrected chi connectivity index (χ2v) is 9.94. The Bertz CT molecular complexity index is 995. The highest BCUT2D eigenvalue weighted by molar-refractivity contribution is 7.89. The van der Waals surface area contributed by atoms with E-state index in [1.807, 2.05) is 18.0 Å². The van der Waals surface area contributed by atoms with E-state index in [1.165, 1.54) is 67.5 Å². The number of anilines is 1. The van der Waals surface area contributed by atoms with Crippen LogP contribution in [0.4, 0.5) is 5.69 Å². The van der Waals surface area contributed by atoms with Gasteiger partial charge in [-0.3, -0.25) is 9.69 Å². The zero-order chi connectivity index (χ0) is 21.0. The predicted octanol–water partition coefficient (Wildman–Crippen LogP) is 2.18. The maximum atomic E-state index is 12.4. The average Bonchev–Trinajstić information content (AvgIpc) is 2.70.